The Morgan fingerprint density at radius 2 is 2.03 bits per heavy atom. The summed E-state index contributed by atoms with van der Waals surface area (Å²) in [5.74, 6) is 1.38. The zero-order valence-electron chi connectivity index (χ0n) is 18.5. The van der Waals surface area contributed by atoms with Gasteiger partial charge in [-0.15, -0.1) is 12.6 Å². The number of hydrogen-bond acceptors (Lipinski definition) is 5. The minimum atomic E-state index is -0.342. The third-order valence-electron chi connectivity index (χ3n) is 4.92. The van der Waals surface area contributed by atoms with E-state index < -0.39 is 0 Å². The molecule has 2 rings (SSSR count). The predicted octanol–water partition coefficient (Wildman–Crippen LogP) is 4.95. The largest absolute Gasteiger partial charge is 0.475 e. The Hall–Kier alpha value is -1.36. The van der Waals surface area contributed by atoms with Gasteiger partial charge in [-0.1, -0.05) is 26.8 Å². The van der Waals surface area contributed by atoms with Gasteiger partial charge in [0, 0.05) is 24.8 Å². The highest BCUT2D eigenvalue weighted by molar-refractivity contribution is 7.90. The molecule has 160 valence electrons. The Morgan fingerprint density at radius 3 is 2.69 bits per heavy atom. The van der Waals surface area contributed by atoms with Crippen molar-refractivity contribution in [1.29, 1.82) is 5.41 Å². The fourth-order valence-electron chi connectivity index (χ4n) is 3.04. The van der Waals surface area contributed by atoms with Gasteiger partial charge in [-0.3, -0.25) is 10.1 Å². The van der Waals surface area contributed by atoms with Crippen LogP contribution in [-0.4, -0.2) is 45.4 Å². The summed E-state index contributed by atoms with van der Waals surface area (Å²) in [5.41, 5.74) is 5.08. The van der Waals surface area contributed by atoms with E-state index in [1.807, 2.05) is 10.9 Å². The van der Waals surface area contributed by atoms with E-state index in [0.717, 1.165) is 42.9 Å². The lowest BCUT2D eigenvalue weighted by molar-refractivity contribution is 0.355. The van der Waals surface area contributed by atoms with E-state index in [1.54, 1.807) is 6.20 Å². The maximum Gasteiger partial charge on any atom is 0.162 e. The van der Waals surface area contributed by atoms with E-state index in [-0.39, 0.29) is 13.8 Å². The van der Waals surface area contributed by atoms with Crippen LogP contribution in [0.15, 0.2) is 24.5 Å². The number of nitrogens with zero attached hydrogens (tertiary/aromatic N) is 3. The molecular formula is C22H35N4OPS. The molecule has 1 aromatic carbocycles. The van der Waals surface area contributed by atoms with Crippen LogP contribution in [0.4, 0.5) is 0 Å². The average molecular weight is 435 g/mol. The zero-order valence-corrected chi connectivity index (χ0v) is 20.4. The lowest BCUT2D eigenvalue weighted by Crippen LogP contribution is -2.20. The fraction of sp³-hybridized carbons (Fsp3) is 0.545. The van der Waals surface area contributed by atoms with Crippen molar-refractivity contribution in [2.24, 2.45) is 5.92 Å². The summed E-state index contributed by atoms with van der Waals surface area (Å²) in [7, 11) is 2.29. The van der Waals surface area contributed by atoms with Crippen molar-refractivity contribution in [3.8, 4) is 5.75 Å². The van der Waals surface area contributed by atoms with Crippen molar-refractivity contribution in [3.05, 3.63) is 46.8 Å². The lowest BCUT2D eigenvalue weighted by atomic mass is 10.0. The van der Waals surface area contributed by atoms with Crippen LogP contribution in [0.2, 0.25) is 0 Å². The van der Waals surface area contributed by atoms with E-state index in [2.05, 4.69) is 76.4 Å². The molecule has 1 aromatic heterocycles. The van der Waals surface area contributed by atoms with Crippen LogP contribution >= 0.6 is 21.2 Å². The quantitative estimate of drug-likeness (QED) is 0.228. The van der Waals surface area contributed by atoms with Crippen LogP contribution in [0, 0.1) is 25.2 Å². The Balaban J connectivity index is 1.97. The molecule has 7 heteroatoms. The molecule has 0 radical (unpaired) electrons. The van der Waals surface area contributed by atoms with Crippen molar-refractivity contribution in [2.75, 3.05) is 20.1 Å². The number of aromatic nitrogens is 2. The summed E-state index contributed by atoms with van der Waals surface area (Å²) < 4.78 is 7.99. The van der Waals surface area contributed by atoms with E-state index >= 15 is 0 Å². The van der Waals surface area contributed by atoms with Gasteiger partial charge in [-0.05, 0) is 71.1 Å². The van der Waals surface area contributed by atoms with E-state index in [4.69, 9.17) is 10.1 Å². The predicted molar refractivity (Wildman–Crippen MR) is 128 cm³/mol. The van der Waals surface area contributed by atoms with Gasteiger partial charge in [0.1, 0.15) is 5.75 Å². The molecule has 0 aliphatic carbocycles. The van der Waals surface area contributed by atoms with Gasteiger partial charge in [-0.2, -0.15) is 5.10 Å². The first-order chi connectivity index (χ1) is 13.7. The van der Waals surface area contributed by atoms with Gasteiger partial charge in [0.05, 0.1) is 11.6 Å². The molecule has 0 saturated heterocycles. The van der Waals surface area contributed by atoms with Gasteiger partial charge < -0.3 is 9.64 Å². The van der Waals surface area contributed by atoms with Gasteiger partial charge in [0.2, 0.25) is 0 Å². The molecule has 2 unspecified atom stereocenters. The highest BCUT2D eigenvalue weighted by Gasteiger charge is 2.15. The second kappa shape index (κ2) is 11.1. The van der Waals surface area contributed by atoms with Crippen molar-refractivity contribution in [3.63, 3.8) is 0 Å². The van der Waals surface area contributed by atoms with E-state index in [9.17, 15) is 0 Å². The van der Waals surface area contributed by atoms with Gasteiger partial charge in [0.25, 0.3) is 0 Å². The molecule has 0 aliphatic rings. The Morgan fingerprint density at radius 1 is 1.31 bits per heavy atom. The first kappa shape index (κ1) is 23.9. The number of likely N-dealkylation sites (N-methyl/N-ethyl adjacent to an activating group) is 1. The first-order valence-corrected chi connectivity index (χ1v) is 11.8. The van der Waals surface area contributed by atoms with Crippen LogP contribution < -0.4 is 4.74 Å². The molecule has 0 fully saturated rings. The van der Waals surface area contributed by atoms with Gasteiger partial charge >= 0.3 is 0 Å². The molecule has 1 heterocycles. The summed E-state index contributed by atoms with van der Waals surface area (Å²) in [5, 5.41) is 12.4. The molecule has 5 nitrogen and oxygen atoms in total. The number of ether oxygens (including phenoxy) is 1. The summed E-state index contributed by atoms with van der Waals surface area (Å²) in [6, 6.07) is 4.33. The summed E-state index contributed by atoms with van der Waals surface area (Å²) in [6.07, 6.45) is 4.73. The summed E-state index contributed by atoms with van der Waals surface area (Å²) >= 11 is 4.60. The molecule has 0 saturated carbocycles. The molecule has 0 aliphatic heterocycles. The third-order valence-corrected chi connectivity index (χ3v) is 6.35. The van der Waals surface area contributed by atoms with Crippen molar-refractivity contribution in [1.82, 2.24) is 14.7 Å². The topological polar surface area (TPSA) is 54.1 Å². The molecule has 29 heavy (non-hydrogen) atoms. The van der Waals surface area contributed by atoms with Crippen LogP contribution in [0.25, 0.3) is 0 Å². The third kappa shape index (κ3) is 7.44. The SMILES string of the molecule is CCN(C)CCc1cc(C)c(OC(S)PC(=N)c2cnn(CC(C)C)c2)cc1C. The number of rotatable bonds is 11. The normalized spacial score (nSPS) is 13.0. The monoisotopic (exact) mass is 434 g/mol. The zero-order chi connectivity index (χ0) is 21.6. The first-order valence-electron chi connectivity index (χ1n) is 10.2. The minimum absolute atomic E-state index is 0.144. The molecule has 0 bridgehead atoms. The highest BCUT2D eigenvalue weighted by atomic mass is 32.1. The maximum absolute atomic E-state index is 8.39. The average Bonchev–Trinajstić information content (AvgIpc) is 3.10. The van der Waals surface area contributed by atoms with Crippen molar-refractivity contribution in [2.45, 2.75) is 52.8 Å². The fourth-order valence-corrected chi connectivity index (χ4v) is 4.27. The molecule has 2 atom stereocenters. The summed E-state index contributed by atoms with van der Waals surface area (Å²) in [6.45, 7) is 13.7. The second-order valence-electron chi connectivity index (χ2n) is 8.02. The number of hydrogen-bond donors (Lipinski definition) is 2. The number of nitrogens with one attached hydrogen (secondary N) is 1. The molecule has 1 N–H and O–H groups in total. The molecule has 2 aromatic rings. The minimum Gasteiger partial charge on any atom is -0.475 e. The van der Waals surface area contributed by atoms with E-state index in [1.165, 1.54) is 11.1 Å². The Bertz CT molecular complexity index is 821. The Labute approximate surface area is 182 Å². The molecule has 0 spiro atoms. The van der Waals surface area contributed by atoms with Crippen LogP contribution in [0.3, 0.4) is 0 Å². The number of aryl methyl sites for hydroxylation is 2. The van der Waals surface area contributed by atoms with Crippen molar-refractivity contribution >= 4 is 26.7 Å². The van der Waals surface area contributed by atoms with Gasteiger partial charge in [-0.25, -0.2) is 0 Å². The molecular weight excluding hydrogens is 399 g/mol. The van der Waals surface area contributed by atoms with Crippen LogP contribution in [0.5, 0.6) is 5.75 Å². The summed E-state index contributed by atoms with van der Waals surface area (Å²) in [4.78, 5) is 2.32. The Kier molecular flexibility index (Phi) is 9.19. The smallest absolute Gasteiger partial charge is 0.162 e. The molecule has 0 amide bonds. The lowest BCUT2D eigenvalue weighted by Gasteiger charge is -2.19. The van der Waals surface area contributed by atoms with Crippen molar-refractivity contribution < 1.29 is 4.74 Å². The van der Waals surface area contributed by atoms with Gasteiger partial charge in [0.15, 0.2) is 5.18 Å². The van der Waals surface area contributed by atoms with E-state index in [0.29, 0.717) is 11.4 Å². The van der Waals surface area contributed by atoms with Crippen LogP contribution in [-0.2, 0) is 13.0 Å². The number of thiol groups is 1. The number of benzene rings is 1. The standard InChI is InChI=1S/C22H35N4OPS/c1-7-25(6)9-8-18-10-17(5)20(11-16(18)4)27-22(29)28-21(23)19-12-24-26(14-19)13-15(2)3/h10-12,14-15,22-23,28-29H,7-9,13H2,1-6H3. The van der Waals surface area contributed by atoms with Crippen LogP contribution in [0.1, 0.15) is 43.0 Å². The second-order valence-corrected chi connectivity index (χ2v) is 10.3. The maximum atomic E-state index is 8.39. The highest BCUT2D eigenvalue weighted by Crippen LogP contribution is 2.32.